The Morgan fingerprint density at radius 2 is 2.18 bits per heavy atom. The molecule has 0 heterocycles. The minimum atomic E-state index is -0.167. The molecule has 4 nitrogen and oxygen atoms in total. The van der Waals surface area contributed by atoms with Crippen LogP contribution in [-0.2, 0) is 11.3 Å². The summed E-state index contributed by atoms with van der Waals surface area (Å²) in [6.45, 7) is 2.65. The van der Waals surface area contributed by atoms with Crippen LogP contribution in [0.2, 0.25) is 0 Å². The lowest BCUT2D eigenvalue weighted by Gasteiger charge is -2.15. The van der Waals surface area contributed by atoms with Gasteiger partial charge in [-0.3, -0.25) is 0 Å². The van der Waals surface area contributed by atoms with Crippen LogP contribution in [0.25, 0.3) is 0 Å². The maximum atomic E-state index is 10.2. The molecule has 0 fully saturated rings. The van der Waals surface area contributed by atoms with Crippen LogP contribution < -0.4 is 4.74 Å². The number of carbonyl (C=O) groups excluding carboxylic acids is 1. The Bertz CT molecular complexity index is 423. The van der Waals surface area contributed by atoms with Crippen molar-refractivity contribution in [1.82, 2.24) is 4.90 Å². The Kier molecular flexibility index (Phi) is 4.88. The fraction of sp³-hybridized carbons (Fsp3) is 0.462. The van der Waals surface area contributed by atoms with Crippen LogP contribution in [0.15, 0.2) is 23.2 Å². The Morgan fingerprint density at radius 3 is 2.71 bits per heavy atom. The lowest BCUT2D eigenvalue weighted by atomic mass is 10.0. The van der Waals surface area contributed by atoms with Gasteiger partial charge < -0.3 is 9.64 Å². The molecule has 1 aromatic carbocycles. The molecule has 0 amide bonds. The molecule has 1 rings (SSSR count). The summed E-state index contributed by atoms with van der Waals surface area (Å²) < 4.78 is 5.31. The van der Waals surface area contributed by atoms with E-state index in [1.165, 1.54) is 0 Å². The molecule has 0 bridgehead atoms. The van der Waals surface area contributed by atoms with E-state index in [1.54, 1.807) is 13.2 Å². The number of nitrogens with zero attached hydrogens (tertiary/aromatic N) is 2. The van der Waals surface area contributed by atoms with E-state index >= 15 is 0 Å². The summed E-state index contributed by atoms with van der Waals surface area (Å²) in [5.74, 6) is 0.852. The van der Waals surface area contributed by atoms with Gasteiger partial charge in [-0.15, -0.1) is 0 Å². The average molecular weight is 234 g/mol. The zero-order chi connectivity index (χ0) is 12.8. The lowest BCUT2D eigenvalue weighted by Crippen LogP contribution is -2.12. The van der Waals surface area contributed by atoms with Gasteiger partial charge in [-0.25, -0.2) is 4.79 Å². The minimum Gasteiger partial charge on any atom is -0.496 e. The molecule has 0 spiro atoms. The number of hydrogen-bond donors (Lipinski definition) is 0. The first-order chi connectivity index (χ1) is 8.08. The van der Waals surface area contributed by atoms with Crippen LogP contribution in [0.1, 0.15) is 24.1 Å². The van der Waals surface area contributed by atoms with Gasteiger partial charge in [0.15, 0.2) is 0 Å². The molecule has 0 aliphatic carbocycles. The third kappa shape index (κ3) is 3.70. The summed E-state index contributed by atoms with van der Waals surface area (Å²) >= 11 is 0. The molecule has 17 heavy (non-hydrogen) atoms. The average Bonchev–Trinajstić information content (AvgIpc) is 2.28. The van der Waals surface area contributed by atoms with E-state index in [0.29, 0.717) is 0 Å². The number of hydrogen-bond acceptors (Lipinski definition) is 4. The fourth-order valence-corrected chi connectivity index (χ4v) is 1.68. The maximum absolute atomic E-state index is 10.2. The number of benzene rings is 1. The van der Waals surface area contributed by atoms with Crippen molar-refractivity contribution in [1.29, 1.82) is 0 Å². The highest BCUT2D eigenvalue weighted by atomic mass is 16.5. The van der Waals surface area contributed by atoms with Gasteiger partial charge in [0.25, 0.3) is 0 Å². The number of aliphatic imine (C=N–C) groups is 1. The Balaban J connectivity index is 3.07. The summed E-state index contributed by atoms with van der Waals surface area (Å²) in [7, 11) is 5.65. The van der Waals surface area contributed by atoms with Crippen molar-refractivity contribution in [3.05, 3.63) is 29.3 Å². The molecule has 4 heteroatoms. The largest absolute Gasteiger partial charge is 0.496 e. The van der Waals surface area contributed by atoms with E-state index in [-0.39, 0.29) is 6.04 Å². The van der Waals surface area contributed by atoms with Crippen LogP contribution in [0, 0.1) is 0 Å². The number of methoxy groups -OCH3 is 1. The molecule has 0 radical (unpaired) electrons. The van der Waals surface area contributed by atoms with Crippen molar-refractivity contribution in [3.8, 4) is 5.75 Å². The van der Waals surface area contributed by atoms with E-state index < -0.39 is 0 Å². The molecule has 0 aliphatic heterocycles. The molecule has 0 aromatic heterocycles. The number of ether oxygens (including phenoxy) is 1. The van der Waals surface area contributed by atoms with E-state index in [2.05, 4.69) is 9.89 Å². The van der Waals surface area contributed by atoms with Crippen LogP contribution in [-0.4, -0.2) is 32.2 Å². The van der Waals surface area contributed by atoms with E-state index in [0.717, 1.165) is 23.4 Å². The monoisotopic (exact) mass is 234 g/mol. The minimum absolute atomic E-state index is 0.167. The Labute approximate surface area is 102 Å². The van der Waals surface area contributed by atoms with Crippen molar-refractivity contribution in [2.24, 2.45) is 4.99 Å². The molecule has 1 unspecified atom stereocenters. The zero-order valence-corrected chi connectivity index (χ0v) is 10.7. The first kappa shape index (κ1) is 13.4. The summed E-state index contributed by atoms with van der Waals surface area (Å²) in [6.07, 6.45) is 1.59. The molecular formula is C13H18N2O2. The second-order valence-electron chi connectivity index (χ2n) is 4.21. The quantitative estimate of drug-likeness (QED) is 0.579. The normalized spacial score (nSPS) is 12.1. The second kappa shape index (κ2) is 6.18. The van der Waals surface area contributed by atoms with Crippen LogP contribution in [0.4, 0.5) is 0 Å². The predicted molar refractivity (Wildman–Crippen MR) is 66.9 cm³/mol. The molecule has 0 saturated carbocycles. The summed E-state index contributed by atoms with van der Waals surface area (Å²) in [5, 5.41) is 0. The predicted octanol–water partition coefficient (Wildman–Crippen LogP) is 2.15. The van der Waals surface area contributed by atoms with Crippen LogP contribution in [0.5, 0.6) is 5.75 Å². The van der Waals surface area contributed by atoms with Crippen molar-refractivity contribution in [2.75, 3.05) is 21.2 Å². The van der Waals surface area contributed by atoms with E-state index in [4.69, 9.17) is 4.74 Å². The summed E-state index contributed by atoms with van der Waals surface area (Å²) in [5.41, 5.74) is 2.08. The highest BCUT2D eigenvalue weighted by Gasteiger charge is 2.09. The molecule has 0 saturated heterocycles. The maximum Gasteiger partial charge on any atom is 0.235 e. The van der Waals surface area contributed by atoms with Gasteiger partial charge in [0.05, 0.1) is 13.2 Å². The highest BCUT2D eigenvalue weighted by Crippen LogP contribution is 2.25. The van der Waals surface area contributed by atoms with Gasteiger partial charge in [-0.2, -0.15) is 4.99 Å². The molecule has 1 aromatic rings. The van der Waals surface area contributed by atoms with Gasteiger partial charge in [-0.1, -0.05) is 6.07 Å². The number of isocyanates is 1. The third-order valence-electron chi connectivity index (χ3n) is 2.52. The van der Waals surface area contributed by atoms with Gasteiger partial charge in [0.1, 0.15) is 5.75 Å². The molecule has 92 valence electrons. The number of rotatable bonds is 5. The van der Waals surface area contributed by atoms with Crippen LogP contribution in [0.3, 0.4) is 0 Å². The summed E-state index contributed by atoms with van der Waals surface area (Å²) in [4.78, 5) is 16.0. The van der Waals surface area contributed by atoms with Crippen molar-refractivity contribution < 1.29 is 9.53 Å². The SMILES string of the molecule is COc1ccc(C(C)N=C=O)cc1CN(C)C. The van der Waals surface area contributed by atoms with Crippen molar-refractivity contribution >= 4 is 6.08 Å². The molecule has 1 atom stereocenters. The molecular weight excluding hydrogens is 216 g/mol. The van der Waals surface area contributed by atoms with Crippen molar-refractivity contribution in [3.63, 3.8) is 0 Å². The van der Waals surface area contributed by atoms with E-state index in [9.17, 15) is 4.79 Å². The highest BCUT2D eigenvalue weighted by molar-refractivity contribution is 5.40. The Hall–Kier alpha value is -1.64. The standard InChI is InChI=1S/C13H18N2O2/c1-10(14-9-16)11-5-6-13(17-4)12(7-11)8-15(2)3/h5-7,10H,8H2,1-4H3. The molecule has 0 N–H and O–H groups in total. The first-order valence-corrected chi connectivity index (χ1v) is 5.47. The third-order valence-corrected chi connectivity index (χ3v) is 2.52. The van der Waals surface area contributed by atoms with E-state index in [1.807, 2.05) is 39.2 Å². The summed E-state index contributed by atoms with van der Waals surface area (Å²) in [6, 6.07) is 5.68. The van der Waals surface area contributed by atoms with Gasteiger partial charge in [-0.05, 0) is 38.7 Å². The Morgan fingerprint density at radius 1 is 1.47 bits per heavy atom. The van der Waals surface area contributed by atoms with Gasteiger partial charge >= 0.3 is 0 Å². The molecule has 0 aliphatic rings. The second-order valence-corrected chi connectivity index (χ2v) is 4.21. The van der Waals surface area contributed by atoms with Gasteiger partial charge in [0, 0.05) is 12.1 Å². The van der Waals surface area contributed by atoms with Crippen molar-refractivity contribution in [2.45, 2.75) is 19.5 Å². The van der Waals surface area contributed by atoms with Crippen LogP contribution >= 0.6 is 0 Å². The van der Waals surface area contributed by atoms with Gasteiger partial charge in [0.2, 0.25) is 6.08 Å². The lowest BCUT2D eigenvalue weighted by molar-refractivity contribution is 0.371. The topological polar surface area (TPSA) is 41.9 Å². The fourth-order valence-electron chi connectivity index (χ4n) is 1.68. The smallest absolute Gasteiger partial charge is 0.235 e. The zero-order valence-electron chi connectivity index (χ0n) is 10.7. The first-order valence-electron chi connectivity index (χ1n) is 5.47.